The standard InChI is InChI=1S/C18H15N3/c1-4-16-15(3-2-9-19-16)17(5-1)21-12-13-6-7-14-8-10-20-18(14)11-13/h1-11,20-21H,12H2. The summed E-state index contributed by atoms with van der Waals surface area (Å²) in [5.74, 6) is 0. The van der Waals surface area contributed by atoms with Crippen LogP contribution in [0.25, 0.3) is 21.8 Å². The fourth-order valence-corrected chi connectivity index (χ4v) is 2.66. The predicted octanol–water partition coefficient (Wildman–Crippen LogP) is 4.33. The zero-order valence-corrected chi connectivity index (χ0v) is 11.5. The molecule has 3 nitrogen and oxygen atoms in total. The van der Waals surface area contributed by atoms with Crippen LogP contribution >= 0.6 is 0 Å². The Morgan fingerprint density at radius 1 is 1.00 bits per heavy atom. The molecule has 0 aliphatic rings. The van der Waals surface area contributed by atoms with Crippen molar-refractivity contribution in [3.8, 4) is 0 Å². The van der Waals surface area contributed by atoms with Gasteiger partial charge in [-0.2, -0.15) is 0 Å². The molecule has 102 valence electrons. The molecule has 4 rings (SSSR count). The average Bonchev–Trinajstić information content (AvgIpc) is 3.00. The number of nitrogens with one attached hydrogen (secondary N) is 2. The largest absolute Gasteiger partial charge is 0.380 e. The Morgan fingerprint density at radius 3 is 3.00 bits per heavy atom. The maximum Gasteiger partial charge on any atom is 0.0722 e. The Kier molecular flexibility index (Phi) is 2.82. The summed E-state index contributed by atoms with van der Waals surface area (Å²) >= 11 is 0. The molecule has 2 heterocycles. The number of aromatic amines is 1. The molecule has 0 spiro atoms. The van der Waals surface area contributed by atoms with Gasteiger partial charge in [0.25, 0.3) is 0 Å². The van der Waals surface area contributed by atoms with Gasteiger partial charge in [-0.05, 0) is 47.3 Å². The molecule has 0 amide bonds. The number of hydrogen-bond acceptors (Lipinski definition) is 2. The molecule has 0 unspecified atom stereocenters. The first kappa shape index (κ1) is 12.0. The third-order valence-corrected chi connectivity index (χ3v) is 3.75. The monoisotopic (exact) mass is 273 g/mol. The second-order valence-corrected chi connectivity index (χ2v) is 5.13. The first-order chi connectivity index (χ1) is 10.4. The lowest BCUT2D eigenvalue weighted by molar-refractivity contribution is 1.16. The molecule has 0 bridgehead atoms. The highest BCUT2D eigenvalue weighted by Gasteiger charge is 2.02. The number of hydrogen-bond donors (Lipinski definition) is 2. The summed E-state index contributed by atoms with van der Waals surface area (Å²) in [6.45, 7) is 0.795. The van der Waals surface area contributed by atoms with Crippen LogP contribution in [0.4, 0.5) is 5.69 Å². The minimum atomic E-state index is 0.795. The van der Waals surface area contributed by atoms with Gasteiger partial charge in [0.15, 0.2) is 0 Å². The van der Waals surface area contributed by atoms with E-state index < -0.39 is 0 Å². The molecule has 0 atom stereocenters. The minimum Gasteiger partial charge on any atom is -0.380 e. The summed E-state index contributed by atoms with van der Waals surface area (Å²) in [6.07, 6.45) is 3.80. The van der Waals surface area contributed by atoms with Crippen LogP contribution in [-0.2, 0) is 6.54 Å². The second kappa shape index (κ2) is 4.94. The number of fused-ring (bicyclic) bond motifs is 2. The van der Waals surface area contributed by atoms with Crippen LogP contribution < -0.4 is 5.32 Å². The Hall–Kier alpha value is -2.81. The molecule has 21 heavy (non-hydrogen) atoms. The average molecular weight is 273 g/mol. The van der Waals surface area contributed by atoms with E-state index in [-0.39, 0.29) is 0 Å². The van der Waals surface area contributed by atoms with Crippen molar-refractivity contribution >= 4 is 27.5 Å². The van der Waals surface area contributed by atoms with E-state index in [1.54, 1.807) is 0 Å². The first-order valence-corrected chi connectivity index (χ1v) is 7.04. The van der Waals surface area contributed by atoms with E-state index in [1.807, 2.05) is 30.6 Å². The van der Waals surface area contributed by atoms with Crippen LogP contribution in [0.15, 0.2) is 67.0 Å². The van der Waals surface area contributed by atoms with Crippen LogP contribution in [0.2, 0.25) is 0 Å². The number of nitrogens with zero attached hydrogens (tertiary/aromatic N) is 1. The summed E-state index contributed by atoms with van der Waals surface area (Å²) in [7, 11) is 0. The predicted molar refractivity (Wildman–Crippen MR) is 87.4 cm³/mol. The Morgan fingerprint density at radius 2 is 2.00 bits per heavy atom. The Balaban J connectivity index is 1.63. The summed E-state index contributed by atoms with van der Waals surface area (Å²) in [5, 5.41) is 5.90. The highest BCUT2D eigenvalue weighted by atomic mass is 14.9. The third kappa shape index (κ3) is 2.23. The zero-order valence-electron chi connectivity index (χ0n) is 11.5. The number of anilines is 1. The van der Waals surface area contributed by atoms with Gasteiger partial charge in [0, 0.05) is 35.5 Å². The molecule has 0 saturated carbocycles. The van der Waals surface area contributed by atoms with Gasteiger partial charge < -0.3 is 10.3 Å². The lowest BCUT2D eigenvalue weighted by Crippen LogP contribution is -2.00. The van der Waals surface area contributed by atoms with Gasteiger partial charge in [-0.15, -0.1) is 0 Å². The molecular formula is C18H15N3. The quantitative estimate of drug-likeness (QED) is 0.583. The van der Waals surface area contributed by atoms with E-state index in [1.165, 1.54) is 16.5 Å². The van der Waals surface area contributed by atoms with Crippen molar-refractivity contribution in [3.05, 3.63) is 72.6 Å². The molecule has 2 aromatic heterocycles. The van der Waals surface area contributed by atoms with Crippen molar-refractivity contribution in [2.75, 3.05) is 5.32 Å². The molecule has 2 N–H and O–H groups in total. The fraction of sp³-hybridized carbons (Fsp3) is 0.0556. The van der Waals surface area contributed by atoms with E-state index in [2.05, 4.69) is 51.7 Å². The molecule has 0 fully saturated rings. The summed E-state index contributed by atoms with van der Waals surface area (Å²) < 4.78 is 0. The highest BCUT2D eigenvalue weighted by molar-refractivity contribution is 5.91. The van der Waals surface area contributed by atoms with Gasteiger partial charge in [0.05, 0.1) is 5.52 Å². The summed E-state index contributed by atoms with van der Waals surface area (Å²) in [4.78, 5) is 7.64. The lowest BCUT2D eigenvalue weighted by atomic mass is 10.1. The molecule has 4 aromatic rings. The molecule has 0 saturated heterocycles. The maximum absolute atomic E-state index is 4.39. The van der Waals surface area contributed by atoms with Crippen LogP contribution in [0.1, 0.15) is 5.56 Å². The molecule has 0 radical (unpaired) electrons. The lowest BCUT2D eigenvalue weighted by Gasteiger charge is -2.09. The van der Waals surface area contributed by atoms with Gasteiger partial charge in [-0.1, -0.05) is 18.2 Å². The van der Waals surface area contributed by atoms with Crippen molar-refractivity contribution in [1.82, 2.24) is 9.97 Å². The summed E-state index contributed by atoms with van der Waals surface area (Å²) in [5.41, 5.74) is 4.56. The summed E-state index contributed by atoms with van der Waals surface area (Å²) in [6, 6.07) is 18.8. The molecular weight excluding hydrogens is 258 g/mol. The van der Waals surface area contributed by atoms with Crippen molar-refractivity contribution in [3.63, 3.8) is 0 Å². The Labute approximate surface area is 122 Å². The van der Waals surface area contributed by atoms with Crippen molar-refractivity contribution in [2.24, 2.45) is 0 Å². The smallest absolute Gasteiger partial charge is 0.0722 e. The van der Waals surface area contributed by atoms with Crippen LogP contribution in [0, 0.1) is 0 Å². The molecule has 0 aliphatic carbocycles. The van der Waals surface area contributed by atoms with Gasteiger partial charge in [0.2, 0.25) is 0 Å². The van der Waals surface area contributed by atoms with E-state index in [4.69, 9.17) is 0 Å². The topological polar surface area (TPSA) is 40.7 Å². The van der Waals surface area contributed by atoms with Crippen molar-refractivity contribution in [1.29, 1.82) is 0 Å². The number of H-pyrrole nitrogens is 1. The molecule has 2 aromatic carbocycles. The third-order valence-electron chi connectivity index (χ3n) is 3.75. The van der Waals surface area contributed by atoms with E-state index >= 15 is 0 Å². The number of benzene rings is 2. The van der Waals surface area contributed by atoms with E-state index in [0.29, 0.717) is 0 Å². The van der Waals surface area contributed by atoms with E-state index in [9.17, 15) is 0 Å². The van der Waals surface area contributed by atoms with Crippen LogP contribution in [-0.4, -0.2) is 9.97 Å². The molecule has 3 heteroatoms. The number of aromatic nitrogens is 2. The van der Waals surface area contributed by atoms with Gasteiger partial charge in [-0.25, -0.2) is 0 Å². The number of pyridine rings is 1. The van der Waals surface area contributed by atoms with Crippen molar-refractivity contribution < 1.29 is 0 Å². The highest BCUT2D eigenvalue weighted by Crippen LogP contribution is 2.22. The zero-order chi connectivity index (χ0) is 14.1. The minimum absolute atomic E-state index is 0.795. The van der Waals surface area contributed by atoms with Crippen molar-refractivity contribution in [2.45, 2.75) is 6.54 Å². The van der Waals surface area contributed by atoms with Crippen LogP contribution in [0.5, 0.6) is 0 Å². The first-order valence-electron chi connectivity index (χ1n) is 7.04. The Bertz CT molecular complexity index is 903. The van der Waals surface area contributed by atoms with Gasteiger partial charge in [0.1, 0.15) is 0 Å². The molecule has 0 aliphatic heterocycles. The van der Waals surface area contributed by atoms with Gasteiger partial charge >= 0.3 is 0 Å². The maximum atomic E-state index is 4.39. The normalized spacial score (nSPS) is 11.0. The SMILES string of the molecule is c1cc(NCc2ccc3cc[nH]c3c2)c2cccnc2c1. The fourth-order valence-electron chi connectivity index (χ4n) is 2.66. The number of rotatable bonds is 3. The second-order valence-electron chi connectivity index (χ2n) is 5.13. The van der Waals surface area contributed by atoms with E-state index in [0.717, 1.165) is 23.1 Å². The van der Waals surface area contributed by atoms with Gasteiger partial charge in [-0.3, -0.25) is 4.98 Å². The van der Waals surface area contributed by atoms with Crippen LogP contribution in [0.3, 0.4) is 0 Å².